The third-order valence-electron chi connectivity index (χ3n) is 3.27. The lowest BCUT2D eigenvalue weighted by atomic mass is 10.2. The largest absolute Gasteiger partial charge is 0.469 e. The summed E-state index contributed by atoms with van der Waals surface area (Å²) in [6.45, 7) is 0.733. The van der Waals surface area contributed by atoms with E-state index in [2.05, 4.69) is 19.5 Å². The molecular weight excluding hydrogens is 316 g/mol. The molecule has 0 bridgehead atoms. The van der Waals surface area contributed by atoms with E-state index < -0.39 is 6.09 Å². The van der Waals surface area contributed by atoms with Gasteiger partial charge in [-0.15, -0.1) is 0 Å². The number of carbonyl (C=O) groups excluding carboxylic acids is 3. The molecule has 0 atom stereocenters. The minimum atomic E-state index is -0.581. The molecule has 0 heterocycles. The van der Waals surface area contributed by atoms with Gasteiger partial charge in [0.15, 0.2) is 0 Å². The second-order valence-corrected chi connectivity index (χ2v) is 4.81. The van der Waals surface area contributed by atoms with Crippen molar-refractivity contribution in [2.75, 3.05) is 44.6 Å². The van der Waals surface area contributed by atoms with Crippen LogP contribution in [0.5, 0.6) is 0 Å². The highest BCUT2D eigenvalue weighted by atomic mass is 16.5. The van der Waals surface area contributed by atoms with Crippen LogP contribution in [-0.4, -0.2) is 52.5 Å². The molecule has 24 heavy (non-hydrogen) atoms. The predicted molar refractivity (Wildman–Crippen MR) is 87.9 cm³/mol. The highest BCUT2D eigenvalue weighted by Gasteiger charge is 2.13. The molecule has 1 amide bonds. The number of ether oxygens (including phenoxy) is 3. The summed E-state index contributed by atoms with van der Waals surface area (Å²) in [5.41, 5.74) is 1.29. The van der Waals surface area contributed by atoms with Crippen LogP contribution in [0.2, 0.25) is 0 Å². The second kappa shape index (κ2) is 10.1. The summed E-state index contributed by atoms with van der Waals surface area (Å²) in [5, 5.41) is 2.57. The Hall–Kier alpha value is -2.77. The molecule has 8 heteroatoms. The van der Waals surface area contributed by atoms with Gasteiger partial charge in [0, 0.05) is 24.5 Å². The fraction of sp³-hybridized carbons (Fsp3) is 0.438. The lowest BCUT2D eigenvalue weighted by molar-refractivity contribution is -0.140. The van der Waals surface area contributed by atoms with E-state index in [1.807, 2.05) is 11.0 Å². The Morgan fingerprint density at radius 2 is 1.54 bits per heavy atom. The quantitative estimate of drug-likeness (QED) is 0.570. The van der Waals surface area contributed by atoms with E-state index in [4.69, 9.17) is 0 Å². The summed E-state index contributed by atoms with van der Waals surface area (Å²) in [6.07, 6.45) is -0.235. The van der Waals surface area contributed by atoms with Crippen LogP contribution in [0.3, 0.4) is 0 Å². The molecule has 1 aromatic carbocycles. The summed E-state index contributed by atoms with van der Waals surface area (Å²) in [5.74, 6) is -0.691. The maximum Gasteiger partial charge on any atom is 0.411 e. The lowest BCUT2D eigenvalue weighted by Crippen LogP contribution is -2.29. The fourth-order valence-electron chi connectivity index (χ4n) is 1.98. The van der Waals surface area contributed by atoms with Crippen molar-refractivity contribution in [3.63, 3.8) is 0 Å². The maximum absolute atomic E-state index is 11.4. The van der Waals surface area contributed by atoms with Crippen molar-refractivity contribution in [3.8, 4) is 0 Å². The van der Waals surface area contributed by atoms with E-state index in [1.165, 1.54) is 21.3 Å². The van der Waals surface area contributed by atoms with E-state index in [9.17, 15) is 14.4 Å². The molecule has 0 unspecified atom stereocenters. The molecule has 8 nitrogen and oxygen atoms in total. The third-order valence-corrected chi connectivity index (χ3v) is 3.27. The van der Waals surface area contributed by atoms with Gasteiger partial charge < -0.3 is 19.1 Å². The van der Waals surface area contributed by atoms with Gasteiger partial charge in [0.25, 0.3) is 0 Å². The standard InChI is InChI=1S/C16H22N2O6/c1-22-14(19)7-9-18(10-8-15(20)23-2)13-6-4-5-12(11-13)17-16(21)24-3/h4-6,11H,7-10H2,1-3H3,(H,17,21). The molecule has 0 aliphatic rings. The highest BCUT2D eigenvalue weighted by Crippen LogP contribution is 2.20. The van der Waals surface area contributed by atoms with Crippen molar-refractivity contribution in [1.29, 1.82) is 0 Å². The summed E-state index contributed by atoms with van der Waals surface area (Å²) in [7, 11) is 3.92. The molecule has 0 saturated heterocycles. The van der Waals surface area contributed by atoms with E-state index in [0.29, 0.717) is 18.8 Å². The summed E-state index contributed by atoms with van der Waals surface area (Å²) >= 11 is 0. The van der Waals surface area contributed by atoms with Gasteiger partial charge >= 0.3 is 18.0 Å². The topological polar surface area (TPSA) is 94.2 Å². The average Bonchev–Trinajstić information content (AvgIpc) is 2.61. The van der Waals surface area contributed by atoms with Crippen LogP contribution in [-0.2, 0) is 23.8 Å². The number of esters is 2. The van der Waals surface area contributed by atoms with Crippen molar-refractivity contribution in [2.45, 2.75) is 12.8 Å². The van der Waals surface area contributed by atoms with Crippen LogP contribution in [0.4, 0.5) is 16.2 Å². The van der Waals surface area contributed by atoms with Crippen LogP contribution in [0.15, 0.2) is 24.3 Å². The van der Waals surface area contributed by atoms with Gasteiger partial charge in [0.1, 0.15) is 0 Å². The first kappa shape index (κ1) is 19.3. The number of benzene rings is 1. The van der Waals surface area contributed by atoms with E-state index in [0.717, 1.165) is 5.69 Å². The van der Waals surface area contributed by atoms with Crippen molar-refractivity contribution in [1.82, 2.24) is 0 Å². The van der Waals surface area contributed by atoms with Crippen LogP contribution in [0, 0.1) is 0 Å². The number of amides is 1. The lowest BCUT2D eigenvalue weighted by Gasteiger charge is -2.24. The number of nitrogens with one attached hydrogen (secondary N) is 1. The Morgan fingerprint density at radius 1 is 0.958 bits per heavy atom. The first-order chi connectivity index (χ1) is 11.5. The normalized spacial score (nSPS) is 9.79. The zero-order valence-corrected chi connectivity index (χ0v) is 14.0. The number of nitrogens with zero attached hydrogens (tertiary/aromatic N) is 1. The molecule has 1 aromatic rings. The predicted octanol–water partition coefficient (Wildman–Crippen LogP) is 1.80. The molecule has 0 aliphatic carbocycles. The number of anilines is 2. The first-order valence-electron chi connectivity index (χ1n) is 7.33. The average molecular weight is 338 g/mol. The Morgan fingerprint density at radius 3 is 2.04 bits per heavy atom. The molecule has 0 spiro atoms. The monoisotopic (exact) mass is 338 g/mol. The van der Waals surface area contributed by atoms with Crippen LogP contribution < -0.4 is 10.2 Å². The number of hydrogen-bond acceptors (Lipinski definition) is 7. The zero-order valence-electron chi connectivity index (χ0n) is 14.0. The molecule has 0 aromatic heterocycles. The van der Waals surface area contributed by atoms with Gasteiger partial charge in [-0.25, -0.2) is 4.79 Å². The van der Waals surface area contributed by atoms with E-state index >= 15 is 0 Å². The number of hydrogen-bond donors (Lipinski definition) is 1. The van der Waals surface area contributed by atoms with Crippen LogP contribution in [0.25, 0.3) is 0 Å². The van der Waals surface area contributed by atoms with Crippen LogP contribution in [0.1, 0.15) is 12.8 Å². The van der Waals surface area contributed by atoms with Crippen molar-refractivity contribution in [2.24, 2.45) is 0 Å². The molecule has 132 valence electrons. The smallest absolute Gasteiger partial charge is 0.411 e. The van der Waals surface area contributed by atoms with Crippen molar-refractivity contribution in [3.05, 3.63) is 24.3 Å². The van der Waals surface area contributed by atoms with Gasteiger partial charge in [-0.05, 0) is 18.2 Å². The van der Waals surface area contributed by atoms with E-state index in [-0.39, 0.29) is 24.8 Å². The molecule has 0 saturated carbocycles. The van der Waals surface area contributed by atoms with Gasteiger partial charge in [0.2, 0.25) is 0 Å². The Kier molecular flexibility index (Phi) is 8.10. The fourth-order valence-corrected chi connectivity index (χ4v) is 1.98. The SMILES string of the molecule is COC(=O)CCN(CCC(=O)OC)c1cccc(NC(=O)OC)c1. The second-order valence-electron chi connectivity index (χ2n) is 4.81. The van der Waals surface area contributed by atoms with Crippen molar-refractivity contribution < 1.29 is 28.6 Å². The molecule has 0 radical (unpaired) electrons. The van der Waals surface area contributed by atoms with E-state index in [1.54, 1.807) is 18.2 Å². The molecule has 0 fully saturated rings. The Balaban J connectivity index is 2.86. The summed E-state index contributed by atoms with van der Waals surface area (Å²) in [4.78, 5) is 35.9. The van der Waals surface area contributed by atoms with Gasteiger partial charge in [0.05, 0.1) is 34.2 Å². The van der Waals surface area contributed by atoms with Gasteiger partial charge in [-0.3, -0.25) is 14.9 Å². The Labute approximate surface area is 140 Å². The van der Waals surface area contributed by atoms with Crippen molar-refractivity contribution >= 4 is 29.4 Å². The van der Waals surface area contributed by atoms with Crippen LogP contribution >= 0.6 is 0 Å². The molecule has 0 aliphatic heterocycles. The minimum absolute atomic E-state index is 0.173. The van der Waals surface area contributed by atoms with Gasteiger partial charge in [-0.1, -0.05) is 6.07 Å². The first-order valence-corrected chi connectivity index (χ1v) is 7.33. The third kappa shape index (κ3) is 6.55. The summed E-state index contributed by atoms with van der Waals surface area (Å²) < 4.78 is 13.8. The minimum Gasteiger partial charge on any atom is -0.469 e. The zero-order chi connectivity index (χ0) is 17.9. The molecule has 1 N–H and O–H groups in total. The number of carbonyl (C=O) groups is 3. The van der Waals surface area contributed by atoms with Gasteiger partial charge in [-0.2, -0.15) is 0 Å². The number of methoxy groups -OCH3 is 3. The molecule has 1 rings (SSSR count). The summed E-state index contributed by atoms with van der Waals surface area (Å²) in [6, 6.07) is 7.01. The highest BCUT2D eigenvalue weighted by molar-refractivity contribution is 5.85. The number of rotatable bonds is 8. The molecular formula is C16H22N2O6. The Bertz CT molecular complexity index is 555. The maximum atomic E-state index is 11.4.